The third-order valence-electron chi connectivity index (χ3n) is 7.46. The van der Waals surface area contributed by atoms with Gasteiger partial charge in [-0.1, -0.05) is 30.3 Å². The molecular weight excluding hydrogens is 546 g/mol. The molecule has 0 aromatic heterocycles. The number of nitrogens with two attached hydrogens (primary N) is 1. The number of amides is 2. The highest BCUT2D eigenvalue weighted by Gasteiger charge is 2.46. The molecule has 2 aliphatic carbocycles. The topological polar surface area (TPSA) is 164 Å². The lowest BCUT2D eigenvalue weighted by atomic mass is 9.98. The van der Waals surface area contributed by atoms with E-state index in [2.05, 4.69) is 15.3 Å². The summed E-state index contributed by atoms with van der Waals surface area (Å²) in [6, 6.07) is 6.79. The number of carbonyl (C=O) groups excluding carboxylic acids is 3. The smallest absolute Gasteiger partial charge is 0.306 e. The highest BCUT2D eigenvalue weighted by Crippen LogP contribution is 2.40. The molecule has 4 rings (SSSR count). The number of nitrogens with one attached hydrogen (secondary N) is 1. The Balaban J connectivity index is 1.30. The Morgan fingerprint density at radius 2 is 1.73 bits per heavy atom. The average molecular weight is 586 g/mol. The van der Waals surface area contributed by atoms with Crippen LogP contribution in [-0.2, 0) is 19.1 Å². The molecule has 4 N–H and O–H groups in total. The average Bonchev–Trinajstić information content (AvgIpc) is 3.74. The minimum absolute atomic E-state index is 0.0541. The third kappa shape index (κ3) is 8.79. The first kappa shape index (κ1) is 30.5. The van der Waals surface area contributed by atoms with E-state index in [1.165, 1.54) is 18.2 Å². The van der Waals surface area contributed by atoms with E-state index >= 15 is 0 Å². The number of rotatable bonds is 12. The van der Waals surface area contributed by atoms with Crippen molar-refractivity contribution in [3.05, 3.63) is 35.4 Å². The fourth-order valence-electron chi connectivity index (χ4n) is 5.06. The number of esters is 1. The first-order valence-electron chi connectivity index (χ1n) is 14.4. The van der Waals surface area contributed by atoms with Gasteiger partial charge in [0, 0.05) is 42.7 Å². The molecule has 3 fully saturated rings. The number of aliphatic carboxylic acids is 1. The Morgan fingerprint density at radius 1 is 1.05 bits per heavy atom. The number of carboxylic acid groups (broad SMARTS) is 1. The van der Waals surface area contributed by atoms with Crippen molar-refractivity contribution >= 4 is 46.5 Å². The summed E-state index contributed by atoms with van der Waals surface area (Å²) in [4.78, 5) is 59.3. The second-order valence-corrected chi connectivity index (χ2v) is 11.9. The van der Waals surface area contributed by atoms with Crippen LogP contribution in [0.2, 0.25) is 0 Å². The standard InChI is InChI=1S/C29H39N5O6S/c1-18-25(28(39)32-17-15-23(35)36)41-29(34(18)21-13-14-21)33-27(38)20-11-9-19(10-12-20)26(30)31-16-5-8-24(37)40-22-6-3-2-4-7-22/h9-12,18,21-22,25H,2-8,13-17H2,1H3,(H2,30,31)(H,32,39)(H,35,36). The van der Waals surface area contributed by atoms with Crippen molar-refractivity contribution in [2.75, 3.05) is 13.1 Å². The molecule has 1 heterocycles. The highest BCUT2D eigenvalue weighted by molar-refractivity contribution is 8.15. The molecular formula is C29H39N5O6S. The molecule has 2 atom stereocenters. The first-order valence-corrected chi connectivity index (χ1v) is 15.3. The molecule has 41 heavy (non-hydrogen) atoms. The monoisotopic (exact) mass is 585 g/mol. The predicted octanol–water partition coefficient (Wildman–Crippen LogP) is 3.10. The minimum atomic E-state index is -0.976. The normalized spacial score (nSPS) is 22.5. The summed E-state index contributed by atoms with van der Waals surface area (Å²) in [5.74, 6) is -1.51. The third-order valence-corrected chi connectivity index (χ3v) is 8.84. The summed E-state index contributed by atoms with van der Waals surface area (Å²) in [5, 5.41) is 11.5. The van der Waals surface area contributed by atoms with Gasteiger partial charge in [0.05, 0.1) is 6.42 Å². The molecule has 1 aromatic carbocycles. The lowest BCUT2D eigenvalue weighted by Crippen LogP contribution is -2.43. The number of benzene rings is 1. The maximum Gasteiger partial charge on any atom is 0.306 e. The second-order valence-electron chi connectivity index (χ2n) is 10.7. The minimum Gasteiger partial charge on any atom is -0.481 e. The van der Waals surface area contributed by atoms with Gasteiger partial charge in [-0.2, -0.15) is 4.99 Å². The van der Waals surface area contributed by atoms with Gasteiger partial charge in [-0.15, -0.1) is 0 Å². The molecule has 0 bridgehead atoms. The Labute approximate surface area is 244 Å². The molecule has 2 unspecified atom stereocenters. The van der Waals surface area contributed by atoms with E-state index in [1.807, 2.05) is 11.8 Å². The van der Waals surface area contributed by atoms with E-state index in [4.69, 9.17) is 15.6 Å². The van der Waals surface area contributed by atoms with Gasteiger partial charge in [0.25, 0.3) is 5.91 Å². The van der Waals surface area contributed by atoms with Gasteiger partial charge in [-0.05, 0) is 64.0 Å². The van der Waals surface area contributed by atoms with Crippen molar-refractivity contribution in [2.24, 2.45) is 15.7 Å². The van der Waals surface area contributed by atoms with E-state index in [0.717, 1.165) is 38.5 Å². The first-order chi connectivity index (χ1) is 19.7. The quantitative estimate of drug-likeness (QED) is 0.145. The Morgan fingerprint density at radius 3 is 2.39 bits per heavy atom. The van der Waals surface area contributed by atoms with Gasteiger partial charge in [-0.25, -0.2) is 0 Å². The summed E-state index contributed by atoms with van der Waals surface area (Å²) >= 11 is 1.24. The molecule has 2 amide bonds. The van der Waals surface area contributed by atoms with E-state index in [9.17, 15) is 19.2 Å². The zero-order valence-corrected chi connectivity index (χ0v) is 24.2. The van der Waals surface area contributed by atoms with Crippen LogP contribution in [0, 0.1) is 0 Å². The van der Waals surface area contributed by atoms with E-state index in [1.54, 1.807) is 24.3 Å². The molecule has 222 valence electrons. The highest BCUT2D eigenvalue weighted by atomic mass is 32.2. The van der Waals surface area contributed by atoms with Gasteiger partial charge in [0.1, 0.15) is 17.2 Å². The van der Waals surface area contributed by atoms with Crippen LogP contribution in [0.1, 0.15) is 87.1 Å². The van der Waals surface area contributed by atoms with Crippen molar-refractivity contribution in [1.29, 1.82) is 0 Å². The van der Waals surface area contributed by atoms with Crippen LogP contribution >= 0.6 is 11.8 Å². The molecule has 1 saturated heterocycles. The zero-order chi connectivity index (χ0) is 29.4. The molecule has 1 aliphatic heterocycles. The van der Waals surface area contributed by atoms with Crippen LogP contribution in [0.25, 0.3) is 0 Å². The van der Waals surface area contributed by atoms with Crippen LogP contribution in [0.3, 0.4) is 0 Å². The van der Waals surface area contributed by atoms with Gasteiger partial charge in [0.2, 0.25) is 5.91 Å². The number of aliphatic imine (C=N–C) groups is 2. The van der Waals surface area contributed by atoms with Crippen molar-refractivity contribution in [1.82, 2.24) is 10.2 Å². The van der Waals surface area contributed by atoms with Gasteiger partial charge in [-0.3, -0.25) is 24.2 Å². The number of ether oxygens (including phenoxy) is 1. The van der Waals surface area contributed by atoms with Crippen LogP contribution in [0.15, 0.2) is 34.3 Å². The van der Waals surface area contributed by atoms with E-state index in [-0.39, 0.29) is 43.0 Å². The van der Waals surface area contributed by atoms with Gasteiger partial charge >= 0.3 is 11.9 Å². The Hall–Kier alpha value is -3.41. The number of hydrogen-bond donors (Lipinski definition) is 3. The fraction of sp³-hybridized carbons (Fsp3) is 0.586. The van der Waals surface area contributed by atoms with Crippen molar-refractivity contribution in [3.8, 4) is 0 Å². The number of amidine groups is 2. The number of nitrogens with zero attached hydrogens (tertiary/aromatic N) is 3. The lowest BCUT2D eigenvalue weighted by Gasteiger charge is -2.24. The summed E-state index contributed by atoms with van der Waals surface area (Å²) in [7, 11) is 0. The molecule has 1 aromatic rings. The predicted molar refractivity (Wildman–Crippen MR) is 157 cm³/mol. The number of thioether (sulfide) groups is 1. The van der Waals surface area contributed by atoms with Crippen LogP contribution in [0.5, 0.6) is 0 Å². The Bertz CT molecular complexity index is 1180. The lowest BCUT2D eigenvalue weighted by molar-refractivity contribution is -0.150. The summed E-state index contributed by atoms with van der Waals surface area (Å²) in [5.41, 5.74) is 7.18. The van der Waals surface area contributed by atoms with E-state index < -0.39 is 17.1 Å². The number of carbonyl (C=O) groups is 4. The largest absolute Gasteiger partial charge is 0.481 e. The molecule has 12 heteroatoms. The summed E-state index contributed by atoms with van der Waals surface area (Å²) < 4.78 is 5.53. The SMILES string of the molecule is CC1C(C(=O)NCCC(=O)O)SC(=NC(=O)c2ccc(C(N)=NCCCC(=O)OC3CCCCC3)cc2)N1C1CC1. The number of hydrogen-bond acceptors (Lipinski definition) is 7. The van der Waals surface area contributed by atoms with Crippen LogP contribution in [-0.4, -0.2) is 81.3 Å². The van der Waals surface area contributed by atoms with E-state index in [0.29, 0.717) is 41.5 Å². The van der Waals surface area contributed by atoms with Crippen molar-refractivity contribution in [2.45, 2.75) is 94.6 Å². The molecule has 0 spiro atoms. The van der Waals surface area contributed by atoms with Crippen LogP contribution < -0.4 is 11.1 Å². The summed E-state index contributed by atoms with van der Waals surface area (Å²) in [6.07, 6.45) is 8.05. The van der Waals surface area contributed by atoms with Crippen LogP contribution in [0.4, 0.5) is 0 Å². The van der Waals surface area contributed by atoms with Gasteiger partial charge < -0.3 is 25.8 Å². The molecule has 3 aliphatic rings. The molecule has 0 radical (unpaired) electrons. The molecule has 11 nitrogen and oxygen atoms in total. The second kappa shape index (κ2) is 14.5. The maximum atomic E-state index is 13.0. The Kier molecular flexibility index (Phi) is 10.8. The summed E-state index contributed by atoms with van der Waals surface area (Å²) in [6.45, 7) is 2.38. The zero-order valence-electron chi connectivity index (χ0n) is 23.4. The van der Waals surface area contributed by atoms with Crippen molar-refractivity contribution in [3.63, 3.8) is 0 Å². The number of carboxylic acids is 1. The van der Waals surface area contributed by atoms with Gasteiger partial charge in [0.15, 0.2) is 5.17 Å². The maximum absolute atomic E-state index is 13.0. The van der Waals surface area contributed by atoms with Crippen molar-refractivity contribution < 1.29 is 29.0 Å². The molecule has 2 saturated carbocycles. The fourth-order valence-corrected chi connectivity index (χ4v) is 6.38.